The second-order valence-corrected chi connectivity index (χ2v) is 5.55. The Bertz CT molecular complexity index is 624. The van der Waals surface area contributed by atoms with Crippen LogP contribution in [0.5, 0.6) is 11.5 Å². The molecule has 21 heavy (non-hydrogen) atoms. The highest BCUT2D eigenvalue weighted by Gasteiger charge is 2.17. The molecule has 0 spiro atoms. The molecule has 0 saturated heterocycles. The Morgan fingerprint density at radius 1 is 0.667 bits per heavy atom. The Kier molecular flexibility index (Phi) is 4.39. The van der Waals surface area contributed by atoms with Gasteiger partial charge in [-0.1, -0.05) is 18.2 Å². The van der Waals surface area contributed by atoms with Gasteiger partial charge in [0.15, 0.2) is 0 Å². The van der Waals surface area contributed by atoms with Crippen molar-refractivity contribution in [2.45, 2.75) is 0 Å². The molecule has 0 fully saturated rings. The second kappa shape index (κ2) is 6.82. The van der Waals surface area contributed by atoms with Crippen molar-refractivity contribution in [2.75, 3.05) is 0 Å². The summed E-state index contributed by atoms with van der Waals surface area (Å²) < 4.78 is 11.9. The minimum atomic E-state index is -1.29. The van der Waals surface area contributed by atoms with Gasteiger partial charge in [0, 0.05) is 12.4 Å². The van der Waals surface area contributed by atoms with Crippen molar-refractivity contribution in [3.05, 3.63) is 79.4 Å². The Labute approximate surface area is 124 Å². The number of aromatic nitrogens is 2. The summed E-state index contributed by atoms with van der Waals surface area (Å²) >= 11 is 0. The zero-order valence-electron chi connectivity index (χ0n) is 11.2. The van der Waals surface area contributed by atoms with Gasteiger partial charge in [-0.3, -0.25) is 9.97 Å². The number of nitrogens with zero attached hydrogens (tertiary/aromatic N) is 2. The molecular formula is C16H13N2O2P. The van der Waals surface area contributed by atoms with E-state index in [9.17, 15) is 0 Å². The summed E-state index contributed by atoms with van der Waals surface area (Å²) in [5.74, 6) is 1.35. The van der Waals surface area contributed by atoms with Gasteiger partial charge in [-0.2, -0.15) is 0 Å². The predicted octanol–water partition coefficient (Wildman–Crippen LogP) is 3.57. The number of rotatable bonds is 5. The third-order valence-corrected chi connectivity index (χ3v) is 4.09. The maximum Gasteiger partial charge on any atom is 0.326 e. The predicted molar refractivity (Wildman–Crippen MR) is 82.7 cm³/mol. The lowest BCUT2D eigenvalue weighted by molar-refractivity contribution is 0.499. The summed E-state index contributed by atoms with van der Waals surface area (Å²) in [6, 6.07) is 17.2. The van der Waals surface area contributed by atoms with E-state index in [1.807, 2.05) is 54.6 Å². The molecule has 0 aliphatic rings. The monoisotopic (exact) mass is 296 g/mol. The zero-order valence-corrected chi connectivity index (χ0v) is 12.1. The van der Waals surface area contributed by atoms with E-state index in [1.165, 1.54) is 0 Å². The third-order valence-electron chi connectivity index (χ3n) is 2.61. The first-order valence-electron chi connectivity index (χ1n) is 6.43. The fourth-order valence-corrected chi connectivity index (χ4v) is 2.93. The average molecular weight is 296 g/mol. The van der Waals surface area contributed by atoms with E-state index in [0.29, 0.717) is 11.5 Å². The lowest BCUT2D eigenvalue weighted by Crippen LogP contribution is -2.09. The molecule has 3 rings (SSSR count). The third kappa shape index (κ3) is 3.77. The fourth-order valence-electron chi connectivity index (χ4n) is 1.67. The molecule has 0 atom stereocenters. The Balaban J connectivity index is 1.84. The zero-order chi connectivity index (χ0) is 14.3. The number of hydrogen-bond donors (Lipinski definition) is 0. The summed E-state index contributed by atoms with van der Waals surface area (Å²) in [5, 5.41) is 0.986. The fraction of sp³-hybridized carbons (Fsp3) is 0. The highest BCUT2D eigenvalue weighted by molar-refractivity contribution is 7.56. The minimum Gasteiger partial charge on any atom is -0.434 e. The molecule has 0 unspecified atom stereocenters. The van der Waals surface area contributed by atoms with Gasteiger partial charge in [0.2, 0.25) is 0 Å². The number of benzene rings is 1. The van der Waals surface area contributed by atoms with Crippen LogP contribution in [-0.2, 0) is 0 Å². The van der Waals surface area contributed by atoms with Crippen LogP contribution in [0, 0.1) is 0 Å². The van der Waals surface area contributed by atoms with Gasteiger partial charge in [-0.15, -0.1) is 0 Å². The van der Waals surface area contributed by atoms with Crippen LogP contribution in [0.15, 0.2) is 79.4 Å². The first-order valence-corrected chi connectivity index (χ1v) is 7.61. The summed E-state index contributed by atoms with van der Waals surface area (Å²) in [7, 11) is -1.29. The van der Waals surface area contributed by atoms with Crippen LogP contribution < -0.4 is 14.4 Å². The molecule has 0 radical (unpaired) electrons. The van der Waals surface area contributed by atoms with Crippen LogP contribution in [0.25, 0.3) is 0 Å². The summed E-state index contributed by atoms with van der Waals surface area (Å²) in [4.78, 5) is 8.11. The maximum atomic E-state index is 5.96. The van der Waals surface area contributed by atoms with Crippen LogP contribution >= 0.6 is 8.38 Å². The molecule has 0 N–H and O–H groups in total. The Hall–Kier alpha value is -2.45. The van der Waals surface area contributed by atoms with Crippen LogP contribution in [0.4, 0.5) is 0 Å². The molecule has 0 aliphatic carbocycles. The normalized spacial score (nSPS) is 10.3. The highest BCUT2D eigenvalue weighted by Crippen LogP contribution is 2.38. The lowest BCUT2D eigenvalue weighted by Gasteiger charge is -2.18. The van der Waals surface area contributed by atoms with Crippen molar-refractivity contribution in [1.29, 1.82) is 0 Å². The lowest BCUT2D eigenvalue weighted by atomic mass is 10.4. The molecular weight excluding hydrogens is 283 g/mol. The van der Waals surface area contributed by atoms with E-state index >= 15 is 0 Å². The highest BCUT2D eigenvalue weighted by atomic mass is 31.2. The van der Waals surface area contributed by atoms with Crippen LogP contribution in [0.2, 0.25) is 0 Å². The molecule has 0 aliphatic heterocycles. The Morgan fingerprint density at radius 3 is 1.71 bits per heavy atom. The van der Waals surface area contributed by atoms with Crippen molar-refractivity contribution in [2.24, 2.45) is 0 Å². The van der Waals surface area contributed by atoms with E-state index in [4.69, 9.17) is 9.05 Å². The standard InChI is InChI=1S/C16H13N2O2P/c1-2-8-16(9-3-1)21(19-14-6-4-10-17-12-14)20-15-7-5-11-18-13-15/h1-13H. The summed E-state index contributed by atoms with van der Waals surface area (Å²) in [6.45, 7) is 0. The first kappa shape index (κ1) is 13.5. The molecule has 0 saturated carbocycles. The van der Waals surface area contributed by atoms with Crippen LogP contribution in [0.1, 0.15) is 0 Å². The minimum absolute atomic E-state index is 0.677. The molecule has 2 aromatic heterocycles. The molecule has 0 amide bonds. The largest absolute Gasteiger partial charge is 0.434 e. The molecule has 1 aromatic carbocycles. The van der Waals surface area contributed by atoms with Crippen molar-refractivity contribution in [1.82, 2.24) is 9.97 Å². The Morgan fingerprint density at radius 2 is 1.24 bits per heavy atom. The van der Waals surface area contributed by atoms with Crippen molar-refractivity contribution in [3.63, 3.8) is 0 Å². The molecule has 3 aromatic rings. The average Bonchev–Trinajstić information content (AvgIpc) is 2.57. The van der Waals surface area contributed by atoms with Crippen LogP contribution in [0.3, 0.4) is 0 Å². The van der Waals surface area contributed by atoms with E-state index in [2.05, 4.69) is 9.97 Å². The van der Waals surface area contributed by atoms with Gasteiger partial charge in [-0.05, 0) is 36.4 Å². The van der Waals surface area contributed by atoms with E-state index in [-0.39, 0.29) is 0 Å². The van der Waals surface area contributed by atoms with Crippen molar-refractivity contribution >= 4 is 13.7 Å². The molecule has 0 bridgehead atoms. The quantitative estimate of drug-likeness (QED) is 0.675. The maximum absolute atomic E-state index is 5.96. The van der Waals surface area contributed by atoms with Gasteiger partial charge in [0.25, 0.3) is 0 Å². The first-order chi connectivity index (χ1) is 10.4. The van der Waals surface area contributed by atoms with Gasteiger partial charge >= 0.3 is 8.38 Å². The van der Waals surface area contributed by atoms with E-state index < -0.39 is 8.38 Å². The molecule has 5 heteroatoms. The SMILES string of the molecule is c1ccc(P(Oc2cccnc2)Oc2cccnc2)cc1. The second-order valence-electron chi connectivity index (χ2n) is 4.15. The van der Waals surface area contributed by atoms with Gasteiger partial charge in [0.1, 0.15) is 11.5 Å². The van der Waals surface area contributed by atoms with Crippen molar-refractivity contribution in [3.8, 4) is 11.5 Å². The van der Waals surface area contributed by atoms with E-state index in [0.717, 1.165) is 5.30 Å². The van der Waals surface area contributed by atoms with Crippen molar-refractivity contribution < 1.29 is 9.05 Å². The summed E-state index contributed by atoms with van der Waals surface area (Å²) in [5.41, 5.74) is 0. The number of pyridine rings is 2. The molecule has 2 heterocycles. The smallest absolute Gasteiger partial charge is 0.326 e. The van der Waals surface area contributed by atoms with Gasteiger partial charge in [-0.25, -0.2) is 0 Å². The van der Waals surface area contributed by atoms with Crippen LogP contribution in [-0.4, -0.2) is 9.97 Å². The topological polar surface area (TPSA) is 44.2 Å². The van der Waals surface area contributed by atoms with Gasteiger partial charge in [0.05, 0.1) is 17.7 Å². The van der Waals surface area contributed by atoms with Gasteiger partial charge < -0.3 is 9.05 Å². The van der Waals surface area contributed by atoms with E-state index in [1.54, 1.807) is 24.8 Å². The molecule has 4 nitrogen and oxygen atoms in total. The molecule has 104 valence electrons. The number of hydrogen-bond acceptors (Lipinski definition) is 4. The summed E-state index contributed by atoms with van der Waals surface area (Å²) in [6.07, 6.45) is 6.76.